The quantitative estimate of drug-likeness (QED) is 0.731. The van der Waals surface area contributed by atoms with Gasteiger partial charge >= 0.3 is 0 Å². The van der Waals surface area contributed by atoms with Crippen LogP contribution in [0.1, 0.15) is 18.6 Å². The van der Waals surface area contributed by atoms with E-state index in [2.05, 4.69) is 0 Å². The zero-order valence-electron chi connectivity index (χ0n) is 8.90. The van der Waals surface area contributed by atoms with Gasteiger partial charge in [-0.25, -0.2) is 0 Å². The summed E-state index contributed by atoms with van der Waals surface area (Å²) >= 11 is 0. The molecule has 2 rings (SSSR count). The van der Waals surface area contributed by atoms with E-state index >= 15 is 0 Å². The highest BCUT2D eigenvalue weighted by atomic mass is 16.5. The van der Waals surface area contributed by atoms with Crippen molar-refractivity contribution >= 4 is 5.69 Å². The van der Waals surface area contributed by atoms with Gasteiger partial charge in [0.1, 0.15) is 18.1 Å². The summed E-state index contributed by atoms with van der Waals surface area (Å²) in [5, 5.41) is 19.1. The van der Waals surface area contributed by atoms with Crippen molar-refractivity contribution in [3.05, 3.63) is 17.7 Å². The first-order valence-corrected chi connectivity index (χ1v) is 4.98. The van der Waals surface area contributed by atoms with Crippen molar-refractivity contribution in [1.82, 2.24) is 0 Å². The molecule has 0 aliphatic carbocycles. The Hall–Kier alpha value is -1.42. The first kappa shape index (κ1) is 10.1. The normalized spacial score (nSPS) is 16.9. The molecule has 0 radical (unpaired) electrons. The molecule has 0 aromatic heterocycles. The minimum absolute atomic E-state index is 0.0825. The maximum absolute atomic E-state index is 9.66. The number of ether oxygens (including phenoxy) is 1. The zero-order chi connectivity index (χ0) is 11.0. The van der Waals surface area contributed by atoms with E-state index in [4.69, 9.17) is 4.74 Å². The van der Waals surface area contributed by atoms with E-state index in [-0.39, 0.29) is 5.75 Å². The number of fused-ring (bicyclic) bond motifs is 1. The van der Waals surface area contributed by atoms with Crippen LogP contribution >= 0.6 is 0 Å². The van der Waals surface area contributed by atoms with Crippen LogP contribution in [0.15, 0.2) is 12.1 Å². The Balaban J connectivity index is 2.50. The molecule has 1 aliphatic rings. The van der Waals surface area contributed by atoms with E-state index in [1.54, 1.807) is 19.1 Å². The summed E-state index contributed by atoms with van der Waals surface area (Å²) in [6.45, 7) is 3.07. The van der Waals surface area contributed by atoms with E-state index in [1.807, 2.05) is 11.9 Å². The van der Waals surface area contributed by atoms with Crippen LogP contribution < -0.4 is 9.64 Å². The predicted octanol–water partition coefficient (Wildman–Crippen LogP) is 1.27. The Morgan fingerprint density at radius 3 is 2.87 bits per heavy atom. The first-order chi connectivity index (χ1) is 7.09. The lowest BCUT2D eigenvalue weighted by Crippen LogP contribution is -2.28. The molecule has 1 aliphatic heterocycles. The summed E-state index contributed by atoms with van der Waals surface area (Å²) < 4.78 is 5.43. The van der Waals surface area contributed by atoms with Gasteiger partial charge in [-0.1, -0.05) is 0 Å². The Bertz CT molecular complexity index is 376. The SMILES string of the molecule is CC(O)c1cc2c(cc1O)OCCN2C. The molecule has 1 aromatic rings. The number of aromatic hydroxyl groups is 1. The van der Waals surface area contributed by atoms with E-state index in [0.717, 1.165) is 12.2 Å². The number of phenols is 1. The van der Waals surface area contributed by atoms with E-state index in [1.165, 1.54) is 0 Å². The molecule has 4 heteroatoms. The van der Waals surface area contributed by atoms with Gasteiger partial charge in [-0.05, 0) is 13.0 Å². The van der Waals surface area contributed by atoms with Gasteiger partial charge in [0.25, 0.3) is 0 Å². The molecule has 0 fully saturated rings. The summed E-state index contributed by atoms with van der Waals surface area (Å²) in [7, 11) is 1.96. The Labute approximate surface area is 88.7 Å². The van der Waals surface area contributed by atoms with Crippen LogP contribution in [0.4, 0.5) is 5.69 Å². The molecule has 0 spiro atoms. The number of nitrogens with zero attached hydrogens (tertiary/aromatic N) is 1. The molecular weight excluding hydrogens is 194 g/mol. The van der Waals surface area contributed by atoms with Crippen molar-refractivity contribution in [3.63, 3.8) is 0 Å². The minimum Gasteiger partial charge on any atom is -0.507 e. The number of hydrogen-bond donors (Lipinski definition) is 2. The molecule has 0 saturated heterocycles. The smallest absolute Gasteiger partial charge is 0.146 e. The van der Waals surface area contributed by atoms with Crippen LogP contribution in [0.5, 0.6) is 11.5 Å². The van der Waals surface area contributed by atoms with Crippen LogP contribution in [-0.4, -0.2) is 30.4 Å². The van der Waals surface area contributed by atoms with Gasteiger partial charge in [-0.3, -0.25) is 0 Å². The Kier molecular flexibility index (Phi) is 2.44. The molecule has 0 amide bonds. The van der Waals surface area contributed by atoms with Gasteiger partial charge in [0, 0.05) is 18.7 Å². The van der Waals surface area contributed by atoms with Crippen molar-refractivity contribution in [2.75, 3.05) is 25.1 Å². The number of hydrogen-bond acceptors (Lipinski definition) is 4. The molecule has 82 valence electrons. The molecule has 1 aromatic carbocycles. The molecule has 15 heavy (non-hydrogen) atoms. The molecule has 0 bridgehead atoms. The summed E-state index contributed by atoms with van der Waals surface area (Å²) in [5.41, 5.74) is 1.45. The van der Waals surface area contributed by atoms with E-state index in [9.17, 15) is 10.2 Å². The van der Waals surface area contributed by atoms with E-state index < -0.39 is 6.10 Å². The second-order valence-electron chi connectivity index (χ2n) is 3.82. The van der Waals surface area contributed by atoms with Gasteiger partial charge in [-0.2, -0.15) is 0 Å². The average Bonchev–Trinajstić information content (AvgIpc) is 2.16. The molecule has 1 heterocycles. The molecule has 0 saturated carbocycles. The monoisotopic (exact) mass is 209 g/mol. The van der Waals surface area contributed by atoms with Crippen molar-refractivity contribution in [2.24, 2.45) is 0 Å². The maximum Gasteiger partial charge on any atom is 0.146 e. The van der Waals surface area contributed by atoms with Crippen LogP contribution in [0, 0.1) is 0 Å². The molecule has 1 atom stereocenters. The van der Waals surface area contributed by atoms with Crippen LogP contribution in [0.25, 0.3) is 0 Å². The highest BCUT2D eigenvalue weighted by Crippen LogP contribution is 2.38. The Morgan fingerprint density at radius 1 is 1.47 bits per heavy atom. The van der Waals surface area contributed by atoms with Crippen molar-refractivity contribution in [3.8, 4) is 11.5 Å². The third-order valence-electron chi connectivity index (χ3n) is 2.65. The highest BCUT2D eigenvalue weighted by Gasteiger charge is 2.19. The fourth-order valence-corrected chi connectivity index (χ4v) is 1.74. The van der Waals surface area contributed by atoms with Gasteiger partial charge in [0.15, 0.2) is 0 Å². The van der Waals surface area contributed by atoms with Gasteiger partial charge in [-0.15, -0.1) is 0 Å². The maximum atomic E-state index is 9.66. The zero-order valence-corrected chi connectivity index (χ0v) is 8.90. The Morgan fingerprint density at radius 2 is 2.20 bits per heavy atom. The second-order valence-corrected chi connectivity index (χ2v) is 3.82. The lowest BCUT2D eigenvalue weighted by atomic mass is 10.1. The number of likely N-dealkylation sites (N-methyl/N-ethyl adjacent to an activating group) is 1. The largest absolute Gasteiger partial charge is 0.507 e. The fourth-order valence-electron chi connectivity index (χ4n) is 1.74. The fraction of sp³-hybridized carbons (Fsp3) is 0.455. The van der Waals surface area contributed by atoms with Crippen molar-refractivity contribution < 1.29 is 14.9 Å². The molecular formula is C11H15NO3. The topological polar surface area (TPSA) is 52.9 Å². The summed E-state index contributed by atoms with van der Waals surface area (Å²) in [6, 6.07) is 3.33. The lowest BCUT2D eigenvalue weighted by Gasteiger charge is -2.28. The standard InChI is InChI=1S/C11H15NO3/c1-7(13)8-5-9-11(6-10(8)14)15-4-3-12(9)2/h5-7,13-14H,3-4H2,1-2H3. The third kappa shape index (κ3) is 1.72. The lowest BCUT2D eigenvalue weighted by molar-refractivity contribution is 0.194. The third-order valence-corrected chi connectivity index (χ3v) is 2.65. The molecule has 4 nitrogen and oxygen atoms in total. The average molecular weight is 209 g/mol. The number of phenolic OH excluding ortho intramolecular Hbond substituents is 1. The minimum atomic E-state index is -0.675. The molecule has 1 unspecified atom stereocenters. The summed E-state index contributed by atoms with van der Waals surface area (Å²) in [6.07, 6.45) is -0.675. The van der Waals surface area contributed by atoms with E-state index in [0.29, 0.717) is 17.9 Å². The predicted molar refractivity (Wildman–Crippen MR) is 57.5 cm³/mol. The number of aliphatic hydroxyl groups is 1. The summed E-state index contributed by atoms with van der Waals surface area (Å²) in [4.78, 5) is 2.05. The number of rotatable bonds is 1. The van der Waals surface area contributed by atoms with Crippen LogP contribution in [-0.2, 0) is 0 Å². The van der Waals surface area contributed by atoms with Crippen molar-refractivity contribution in [2.45, 2.75) is 13.0 Å². The summed E-state index contributed by atoms with van der Waals surface area (Å²) in [5.74, 6) is 0.754. The van der Waals surface area contributed by atoms with Crippen molar-refractivity contribution in [1.29, 1.82) is 0 Å². The first-order valence-electron chi connectivity index (χ1n) is 4.98. The van der Waals surface area contributed by atoms with Gasteiger partial charge in [0.05, 0.1) is 18.3 Å². The van der Waals surface area contributed by atoms with Crippen LogP contribution in [0.2, 0.25) is 0 Å². The molecule has 2 N–H and O–H groups in total. The number of benzene rings is 1. The number of anilines is 1. The van der Waals surface area contributed by atoms with Gasteiger partial charge in [0.2, 0.25) is 0 Å². The van der Waals surface area contributed by atoms with Crippen LogP contribution in [0.3, 0.4) is 0 Å². The van der Waals surface area contributed by atoms with Gasteiger partial charge < -0.3 is 19.8 Å². The second kappa shape index (κ2) is 3.62. The number of aliphatic hydroxyl groups excluding tert-OH is 1. The highest BCUT2D eigenvalue weighted by molar-refractivity contribution is 5.64.